The molecule has 1 amide bonds. The van der Waals surface area contributed by atoms with Gasteiger partial charge in [0.2, 0.25) is 0 Å². The molecule has 0 N–H and O–H groups in total. The second-order valence-corrected chi connectivity index (χ2v) is 8.32. The Bertz CT molecular complexity index is 1220. The predicted molar refractivity (Wildman–Crippen MR) is 128 cm³/mol. The van der Waals surface area contributed by atoms with E-state index in [0.717, 1.165) is 28.5 Å². The summed E-state index contributed by atoms with van der Waals surface area (Å²) >= 11 is 0. The molecule has 1 saturated heterocycles. The van der Waals surface area contributed by atoms with Crippen LogP contribution in [-0.2, 0) is 11.2 Å². The maximum Gasteiger partial charge on any atom is 0.254 e. The molecule has 3 aromatic carbocycles. The molecule has 0 saturated carbocycles. The molecule has 0 aliphatic carbocycles. The van der Waals surface area contributed by atoms with Crippen molar-refractivity contribution in [2.45, 2.75) is 6.42 Å². The van der Waals surface area contributed by atoms with Gasteiger partial charge in [-0.1, -0.05) is 66.7 Å². The van der Waals surface area contributed by atoms with Gasteiger partial charge in [-0.3, -0.25) is 9.78 Å². The van der Waals surface area contributed by atoms with Gasteiger partial charge in [0.15, 0.2) is 0 Å². The van der Waals surface area contributed by atoms with Gasteiger partial charge < -0.3 is 9.64 Å². The van der Waals surface area contributed by atoms with E-state index in [4.69, 9.17) is 4.74 Å². The molecule has 4 aromatic rings. The molecule has 1 unspecified atom stereocenters. The zero-order chi connectivity index (χ0) is 21.8. The van der Waals surface area contributed by atoms with Gasteiger partial charge in [0, 0.05) is 42.4 Å². The summed E-state index contributed by atoms with van der Waals surface area (Å²) in [4.78, 5) is 19.8. The van der Waals surface area contributed by atoms with E-state index in [1.54, 1.807) is 0 Å². The molecule has 2 heterocycles. The van der Waals surface area contributed by atoms with Gasteiger partial charge in [-0.2, -0.15) is 0 Å². The van der Waals surface area contributed by atoms with Gasteiger partial charge in [-0.25, -0.2) is 0 Å². The zero-order valence-corrected chi connectivity index (χ0v) is 18.0. The summed E-state index contributed by atoms with van der Waals surface area (Å²) in [5.74, 6) is 0.311. The smallest absolute Gasteiger partial charge is 0.254 e. The highest BCUT2D eigenvalue weighted by Gasteiger charge is 2.25. The Morgan fingerprint density at radius 1 is 0.969 bits per heavy atom. The van der Waals surface area contributed by atoms with Crippen LogP contribution in [0, 0.1) is 5.92 Å². The number of amides is 1. The minimum Gasteiger partial charge on any atom is -0.379 e. The Balaban J connectivity index is 1.40. The fourth-order valence-electron chi connectivity index (χ4n) is 4.58. The van der Waals surface area contributed by atoms with E-state index in [9.17, 15) is 4.79 Å². The van der Waals surface area contributed by atoms with Gasteiger partial charge in [-0.15, -0.1) is 0 Å². The van der Waals surface area contributed by atoms with Crippen LogP contribution in [0.15, 0.2) is 91.3 Å². The maximum atomic E-state index is 13.6. The number of hydrogen-bond donors (Lipinski definition) is 0. The van der Waals surface area contributed by atoms with Gasteiger partial charge in [-0.05, 0) is 40.6 Å². The van der Waals surface area contributed by atoms with Crippen LogP contribution in [0.2, 0.25) is 0 Å². The molecular formula is C28H26N2O2. The molecular weight excluding hydrogens is 396 g/mol. The first kappa shape index (κ1) is 20.4. The molecule has 5 rings (SSSR count). The summed E-state index contributed by atoms with van der Waals surface area (Å²) in [6.45, 7) is 2.52. The van der Waals surface area contributed by atoms with E-state index in [-0.39, 0.29) is 11.8 Å². The first-order chi connectivity index (χ1) is 15.8. The van der Waals surface area contributed by atoms with Gasteiger partial charge in [0.05, 0.1) is 13.2 Å². The lowest BCUT2D eigenvalue weighted by molar-refractivity contribution is 0.0738. The number of carbonyl (C=O) groups excluding carboxylic acids is 1. The average Bonchev–Trinajstić information content (AvgIpc) is 3.10. The van der Waals surface area contributed by atoms with Crippen LogP contribution in [0.4, 0.5) is 0 Å². The topological polar surface area (TPSA) is 42.4 Å². The fourth-order valence-corrected chi connectivity index (χ4v) is 4.58. The quantitative estimate of drug-likeness (QED) is 0.452. The number of rotatable bonds is 4. The summed E-state index contributed by atoms with van der Waals surface area (Å²) in [6.07, 6.45) is 4.61. The van der Waals surface area contributed by atoms with Crippen molar-refractivity contribution in [1.82, 2.24) is 9.88 Å². The molecule has 1 fully saturated rings. The van der Waals surface area contributed by atoms with Crippen molar-refractivity contribution in [2.75, 3.05) is 26.3 Å². The lowest BCUT2D eigenvalue weighted by Gasteiger charge is -2.25. The van der Waals surface area contributed by atoms with Crippen LogP contribution in [0.3, 0.4) is 0 Å². The van der Waals surface area contributed by atoms with E-state index in [1.807, 2.05) is 59.8 Å². The van der Waals surface area contributed by atoms with Crippen LogP contribution in [0.1, 0.15) is 15.9 Å². The van der Waals surface area contributed by atoms with Crippen molar-refractivity contribution < 1.29 is 9.53 Å². The molecule has 160 valence electrons. The van der Waals surface area contributed by atoms with Crippen molar-refractivity contribution in [1.29, 1.82) is 0 Å². The minimum atomic E-state index is 0.0714. The molecule has 0 radical (unpaired) electrons. The maximum absolute atomic E-state index is 13.6. The summed E-state index contributed by atoms with van der Waals surface area (Å²) in [7, 11) is 0. The van der Waals surface area contributed by atoms with Crippen LogP contribution < -0.4 is 0 Å². The third kappa shape index (κ3) is 4.27. The Kier molecular flexibility index (Phi) is 5.95. The predicted octanol–water partition coefficient (Wildman–Crippen LogP) is 5.23. The zero-order valence-electron chi connectivity index (χ0n) is 18.0. The summed E-state index contributed by atoms with van der Waals surface area (Å²) in [6, 6.07) is 26.4. The van der Waals surface area contributed by atoms with Crippen LogP contribution >= 0.6 is 0 Å². The van der Waals surface area contributed by atoms with Crippen molar-refractivity contribution >= 4 is 16.7 Å². The van der Waals surface area contributed by atoms with Gasteiger partial charge in [0.25, 0.3) is 5.91 Å². The summed E-state index contributed by atoms with van der Waals surface area (Å²) in [5, 5.41) is 2.36. The SMILES string of the molecule is O=C(c1ccccc1-c1ccccc1)N1CCOCC(Cc2cccc3cnccc23)C1. The molecule has 4 nitrogen and oxygen atoms in total. The van der Waals surface area contributed by atoms with Crippen LogP contribution in [-0.4, -0.2) is 42.1 Å². The van der Waals surface area contributed by atoms with E-state index in [1.165, 1.54) is 10.9 Å². The highest BCUT2D eigenvalue weighted by molar-refractivity contribution is 6.01. The molecule has 0 spiro atoms. The molecule has 1 atom stereocenters. The number of ether oxygens (including phenoxy) is 1. The standard InChI is InChI=1S/C28H26N2O2/c31-28(27-12-5-4-11-26(27)22-7-2-1-3-8-22)30-15-16-32-20-21(19-30)17-23-9-6-10-24-18-29-14-13-25(23)24/h1-14,18,21H,15-17,19-20H2. The van der Waals surface area contributed by atoms with Gasteiger partial charge in [0.1, 0.15) is 0 Å². The van der Waals surface area contributed by atoms with E-state index in [2.05, 4.69) is 41.4 Å². The summed E-state index contributed by atoms with van der Waals surface area (Å²) < 4.78 is 5.92. The van der Waals surface area contributed by atoms with E-state index in [0.29, 0.717) is 26.3 Å². The Labute approximate surface area is 188 Å². The van der Waals surface area contributed by atoms with E-state index < -0.39 is 0 Å². The monoisotopic (exact) mass is 422 g/mol. The molecule has 1 aliphatic heterocycles. The highest BCUT2D eigenvalue weighted by atomic mass is 16.5. The lowest BCUT2D eigenvalue weighted by atomic mass is 9.95. The number of aromatic nitrogens is 1. The van der Waals surface area contributed by atoms with Crippen LogP contribution in [0.5, 0.6) is 0 Å². The molecule has 4 heteroatoms. The number of nitrogens with zero attached hydrogens (tertiary/aromatic N) is 2. The number of pyridine rings is 1. The third-order valence-corrected chi connectivity index (χ3v) is 6.15. The van der Waals surface area contributed by atoms with Gasteiger partial charge >= 0.3 is 0 Å². The van der Waals surface area contributed by atoms with Crippen molar-refractivity contribution in [2.24, 2.45) is 5.92 Å². The van der Waals surface area contributed by atoms with Crippen molar-refractivity contribution in [3.8, 4) is 11.1 Å². The summed E-state index contributed by atoms with van der Waals surface area (Å²) in [5.41, 5.74) is 4.05. The first-order valence-corrected chi connectivity index (χ1v) is 11.1. The number of carbonyl (C=O) groups is 1. The third-order valence-electron chi connectivity index (χ3n) is 6.15. The van der Waals surface area contributed by atoms with Crippen molar-refractivity contribution in [3.05, 3.63) is 102 Å². The lowest BCUT2D eigenvalue weighted by Crippen LogP contribution is -2.36. The van der Waals surface area contributed by atoms with Crippen LogP contribution in [0.25, 0.3) is 21.9 Å². The average molecular weight is 423 g/mol. The fraction of sp³-hybridized carbons (Fsp3) is 0.214. The Morgan fingerprint density at radius 2 is 1.81 bits per heavy atom. The Morgan fingerprint density at radius 3 is 2.72 bits per heavy atom. The second-order valence-electron chi connectivity index (χ2n) is 8.32. The number of fused-ring (bicyclic) bond motifs is 1. The minimum absolute atomic E-state index is 0.0714. The largest absolute Gasteiger partial charge is 0.379 e. The van der Waals surface area contributed by atoms with Crippen molar-refractivity contribution in [3.63, 3.8) is 0 Å². The highest BCUT2D eigenvalue weighted by Crippen LogP contribution is 2.26. The molecule has 0 bridgehead atoms. The number of benzene rings is 3. The normalized spacial score (nSPS) is 16.6. The molecule has 32 heavy (non-hydrogen) atoms. The number of hydrogen-bond acceptors (Lipinski definition) is 3. The van der Waals surface area contributed by atoms with E-state index >= 15 is 0 Å². The second kappa shape index (κ2) is 9.33. The molecule has 1 aliphatic rings. The first-order valence-electron chi connectivity index (χ1n) is 11.1. The Hall–Kier alpha value is -3.50. The molecule has 1 aromatic heterocycles.